The number of nitrogens with one attached hydrogen (secondary N) is 1. The SMILES string of the molecule is COc1cc2c(cc1Br)-c1c(C3CC(F)(F)C3)nc(C(=O)N[C@](C)(C#N)CC(F)(F)F)n1CC2. The smallest absolute Gasteiger partial charge is 0.392 e. The van der Waals surface area contributed by atoms with E-state index in [0.717, 1.165) is 12.5 Å². The summed E-state index contributed by atoms with van der Waals surface area (Å²) in [5.74, 6) is -4.04. The van der Waals surface area contributed by atoms with Gasteiger partial charge in [-0.2, -0.15) is 18.4 Å². The second-order valence-corrected chi connectivity index (χ2v) is 9.72. The number of aromatic nitrogens is 2. The highest BCUT2D eigenvalue weighted by Crippen LogP contribution is 2.51. The third-order valence-electron chi connectivity index (χ3n) is 6.10. The average molecular weight is 547 g/mol. The van der Waals surface area contributed by atoms with Crippen LogP contribution in [0.1, 0.15) is 54.0 Å². The molecule has 1 N–H and O–H groups in total. The number of ether oxygens (including phenoxy) is 1. The first-order chi connectivity index (χ1) is 15.8. The number of fused-ring (bicyclic) bond motifs is 3. The van der Waals surface area contributed by atoms with E-state index in [9.17, 15) is 32.0 Å². The van der Waals surface area contributed by atoms with Crippen molar-refractivity contribution in [1.82, 2.24) is 14.9 Å². The normalized spacial score (nSPS) is 18.7. The third-order valence-corrected chi connectivity index (χ3v) is 6.72. The van der Waals surface area contributed by atoms with Crippen LogP contribution in [0.15, 0.2) is 16.6 Å². The number of benzene rings is 1. The molecule has 12 heteroatoms. The number of nitriles is 1. The molecule has 34 heavy (non-hydrogen) atoms. The molecule has 1 aliphatic carbocycles. The molecule has 2 heterocycles. The lowest BCUT2D eigenvalue weighted by Gasteiger charge is -2.35. The van der Waals surface area contributed by atoms with Crippen molar-refractivity contribution in [3.8, 4) is 23.1 Å². The summed E-state index contributed by atoms with van der Waals surface area (Å²) in [5.41, 5.74) is 0.0990. The highest BCUT2D eigenvalue weighted by atomic mass is 79.9. The first-order valence-corrected chi connectivity index (χ1v) is 11.2. The monoisotopic (exact) mass is 546 g/mol. The Morgan fingerprint density at radius 1 is 1.38 bits per heavy atom. The number of nitrogens with zero attached hydrogens (tertiary/aromatic N) is 3. The highest BCUT2D eigenvalue weighted by Gasteiger charge is 2.49. The number of halogens is 6. The lowest BCUT2D eigenvalue weighted by atomic mass is 9.77. The van der Waals surface area contributed by atoms with Crippen LogP contribution in [0.4, 0.5) is 22.0 Å². The van der Waals surface area contributed by atoms with Gasteiger partial charge in [0.15, 0.2) is 5.82 Å². The lowest BCUT2D eigenvalue weighted by molar-refractivity contribution is -0.143. The van der Waals surface area contributed by atoms with Crippen LogP contribution in [0, 0.1) is 11.3 Å². The van der Waals surface area contributed by atoms with Gasteiger partial charge in [-0.25, -0.2) is 13.8 Å². The summed E-state index contributed by atoms with van der Waals surface area (Å²) in [6, 6.07) is 5.07. The number of hydrogen-bond donors (Lipinski definition) is 1. The molecule has 1 aliphatic heterocycles. The molecule has 0 radical (unpaired) electrons. The molecule has 0 spiro atoms. The van der Waals surface area contributed by atoms with Crippen molar-refractivity contribution in [3.63, 3.8) is 0 Å². The Balaban J connectivity index is 1.79. The minimum Gasteiger partial charge on any atom is -0.496 e. The van der Waals surface area contributed by atoms with Crippen molar-refractivity contribution in [2.24, 2.45) is 0 Å². The molecule has 1 atom stereocenters. The van der Waals surface area contributed by atoms with Gasteiger partial charge in [0.2, 0.25) is 5.92 Å². The molecule has 0 bridgehead atoms. The van der Waals surface area contributed by atoms with E-state index in [2.05, 4.69) is 26.2 Å². The van der Waals surface area contributed by atoms with Crippen molar-refractivity contribution in [2.45, 2.75) is 62.7 Å². The van der Waals surface area contributed by atoms with E-state index in [0.29, 0.717) is 33.6 Å². The fourth-order valence-electron chi connectivity index (χ4n) is 4.52. The molecule has 2 aliphatic rings. The number of alkyl halides is 5. The Morgan fingerprint density at radius 2 is 2.06 bits per heavy atom. The van der Waals surface area contributed by atoms with Gasteiger partial charge in [0.25, 0.3) is 5.91 Å². The van der Waals surface area contributed by atoms with Crippen molar-refractivity contribution in [3.05, 3.63) is 33.7 Å². The van der Waals surface area contributed by atoms with Crippen LogP contribution in [0.5, 0.6) is 5.75 Å². The number of hydrogen-bond acceptors (Lipinski definition) is 4. The first kappa shape index (κ1) is 24.4. The number of methoxy groups -OCH3 is 1. The lowest BCUT2D eigenvalue weighted by Crippen LogP contribution is -2.48. The largest absolute Gasteiger partial charge is 0.496 e. The zero-order valence-electron chi connectivity index (χ0n) is 18.2. The number of aryl methyl sites for hydroxylation is 1. The summed E-state index contributed by atoms with van der Waals surface area (Å²) < 4.78 is 73.7. The maximum Gasteiger partial charge on any atom is 0.392 e. The number of rotatable bonds is 5. The quantitative estimate of drug-likeness (QED) is 0.512. The van der Waals surface area contributed by atoms with Gasteiger partial charge in [0.05, 0.1) is 35.5 Å². The zero-order valence-corrected chi connectivity index (χ0v) is 19.8. The topological polar surface area (TPSA) is 79.9 Å². The second-order valence-electron chi connectivity index (χ2n) is 8.87. The molecule has 0 saturated heterocycles. The molecule has 6 nitrogen and oxygen atoms in total. The predicted molar refractivity (Wildman–Crippen MR) is 115 cm³/mol. The Hall–Kier alpha value is -2.68. The Bertz CT molecular complexity index is 1200. The van der Waals surface area contributed by atoms with Crippen molar-refractivity contribution < 1.29 is 31.5 Å². The van der Waals surface area contributed by atoms with Crippen LogP contribution in [0.2, 0.25) is 0 Å². The van der Waals surface area contributed by atoms with E-state index >= 15 is 0 Å². The Labute approximate surface area is 200 Å². The van der Waals surface area contributed by atoms with E-state index in [1.54, 1.807) is 6.07 Å². The van der Waals surface area contributed by atoms with Gasteiger partial charge >= 0.3 is 6.18 Å². The van der Waals surface area contributed by atoms with Gasteiger partial charge in [-0.15, -0.1) is 0 Å². The number of amides is 1. The summed E-state index contributed by atoms with van der Waals surface area (Å²) in [6.45, 7) is 1.24. The molecule has 2 aromatic rings. The van der Waals surface area contributed by atoms with Gasteiger partial charge in [-0.3, -0.25) is 4.79 Å². The maximum atomic E-state index is 13.7. The van der Waals surface area contributed by atoms with Gasteiger partial charge < -0.3 is 14.6 Å². The van der Waals surface area contributed by atoms with E-state index in [1.807, 2.05) is 6.07 Å². The predicted octanol–water partition coefficient (Wildman–Crippen LogP) is 5.35. The minimum atomic E-state index is -4.68. The number of imidazole rings is 1. The highest BCUT2D eigenvalue weighted by molar-refractivity contribution is 9.10. The van der Waals surface area contributed by atoms with Crippen molar-refractivity contribution in [2.75, 3.05) is 7.11 Å². The minimum absolute atomic E-state index is 0.207. The van der Waals surface area contributed by atoms with Crippen LogP contribution in [0.3, 0.4) is 0 Å². The fourth-order valence-corrected chi connectivity index (χ4v) is 5.02. The summed E-state index contributed by atoms with van der Waals surface area (Å²) in [4.78, 5) is 17.4. The van der Waals surface area contributed by atoms with Gasteiger partial charge in [-0.05, 0) is 47.0 Å². The molecule has 1 aromatic heterocycles. The van der Waals surface area contributed by atoms with Crippen molar-refractivity contribution >= 4 is 21.8 Å². The van der Waals surface area contributed by atoms with Crippen LogP contribution < -0.4 is 10.1 Å². The summed E-state index contributed by atoms with van der Waals surface area (Å²) >= 11 is 3.41. The first-order valence-electron chi connectivity index (χ1n) is 10.4. The van der Waals surface area contributed by atoms with Crippen LogP contribution in [0.25, 0.3) is 11.3 Å². The standard InChI is InChI=1S/C22H20BrF5N4O2/c1-20(10-29,9-22(26,27)28)31-19(33)18-30-16(12-7-21(24,25)8-12)17-13-6-14(23)15(34-2)5-11(13)3-4-32(17)18/h5-6,12H,3-4,7-9H2,1-2H3,(H,31,33)/t20-/m0/s1. The summed E-state index contributed by atoms with van der Waals surface area (Å²) in [5, 5.41) is 11.4. The second kappa shape index (κ2) is 8.22. The molecular formula is C22H20BrF5N4O2. The number of carbonyl (C=O) groups is 1. The molecule has 1 aromatic carbocycles. The van der Waals surface area contributed by atoms with Gasteiger partial charge in [0, 0.05) is 30.9 Å². The fraction of sp³-hybridized carbons (Fsp3) is 0.500. The molecule has 4 rings (SSSR count). The average Bonchev–Trinajstić information content (AvgIpc) is 3.10. The maximum absolute atomic E-state index is 13.7. The Morgan fingerprint density at radius 3 is 2.62 bits per heavy atom. The molecule has 182 valence electrons. The van der Waals surface area contributed by atoms with Gasteiger partial charge in [0.1, 0.15) is 11.3 Å². The van der Waals surface area contributed by atoms with Crippen LogP contribution in [-0.4, -0.2) is 40.2 Å². The van der Waals surface area contributed by atoms with E-state index in [4.69, 9.17) is 4.74 Å². The Kier molecular flexibility index (Phi) is 5.91. The third kappa shape index (κ3) is 4.50. The molecule has 0 unspecified atom stereocenters. The van der Waals surface area contributed by atoms with E-state index < -0.39 is 48.7 Å². The van der Waals surface area contributed by atoms with Crippen LogP contribution >= 0.6 is 15.9 Å². The van der Waals surface area contributed by atoms with Crippen molar-refractivity contribution in [1.29, 1.82) is 5.26 Å². The number of carbonyl (C=O) groups excluding carboxylic acids is 1. The zero-order chi connectivity index (χ0) is 25.1. The summed E-state index contributed by atoms with van der Waals surface area (Å²) in [6.07, 6.45) is -6.64. The molecular weight excluding hydrogens is 527 g/mol. The van der Waals surface area contributed by atoms with Gasteiger partial charge in [-0.1, -0.05) is 0 Å². The molecule has 1 saturated carbocycles. The molecule has 1 fully saturated rings. The van der Waals surface area contributed by atoms with Crippen LogP contribution in [-0.2, 0) is 13.0 Å². The molecule has 1 amide bonds. The van der Waals surface area contributed by atoms with E-state index in [-0.39, 0.29) is 12.4 Å². The summed E-state index contributed by atoms with van der Waals surface area (Å²) in [7, 11) is 1.51. The van der Waals surface area contributed by atoms with E-state index in [1.165, 1.54) is 17.7 Å².